The quantitative estimate of drug-likeness (QED) is 0.726. The van der Waals surface area contributed by atoms with Gasteiger partial charge in [0.25, 0.3) is 0 Å². The van der Waals surface area contributed by atoms with Gasteiger partial charge >= 0.3 is 6.03 Å². The summed E-state index contributed by atoms with van der Waals surface area (Å²) in [4.78, 5) is 16.5. The lowest BCUT2D eigenvalue weighted by molar-refractivity contribution is 0.189. The molecule has 4 nitrogen and oxygen atoms in total. The Morgan fingerprint density at radius 3 is 2.44 bits per heavy atom. The maximum Gasteiger partial charge on any atom is 0.317 e. The zero-order valence-corrected chi connectivity index (χ0v) is 16.6. The van der Waals surface area contributed by atoms with Crippen molar-refractivity contribution in [3.8, 4) is 0 Å². The van der Waals surface area contributed by atoms with Crippen LogP contribution in [0.3, 0.4) is 0 Å². The van der Waals surface area contributed by atoms with E-state index in [4.69, 9.17) is 11.6 Å². The van der Waals surface area contributed by atoms with Gasteiger partial charge in [-0.1, -0.05) is 37.6 Å². The lowest BCUT2D eigenvalue weighted by Crippen LogP contribution is -2.42. The number of likely N-dealkylation sites (N-methyl/N-ethyl adjacent to an activating group) is 1. The van der Waals surface area contributed by atoms with Crippen LogP contribution in [-0.2, 0) is 6.54 Å². The second-order valence-corrected chi connectivity index (χ2v) is 7.18. The molecule has 6 heteroatoms. The van der Waals surface area contributed by atoms with Gasteiger partial charge in [-0.25, -0.2) is 4.79 Å². The summed E-state index contributed by atoms with van der Waals surface area (Å²) in [5, 5.41) is 8.02. The molecule has 0 spiro atoms. The minimum Gasteiger partial charge on any atom is -0.336 e. The van der Waals surface area contributed by atoms with Crippen molar-refractivity contribution in [2.24, 2.45) is 0 Å². The second-order valence-electron chi connectivity index (χ2n) is 5.96. The van der Waals surface area contributed by atoms with Gasteiger partial charge in [-0.15, -0.1) is 0 Å². The summed E-state index contributed by atoms with van der Waals surface area (Å²) in [6.45, 7) is 7.36. The van der Waals surface area contributed by atoms with Gasteiger partial charge < -0.3 is 10.2 Å². The third-order valence-electron chi connectivity index (χ3n) is 4.31. The third-order valence-corrected chi connectivity index (χ3v) is 5.26. The Balaban J connectivity index is 1.94. The molecule has 0 aliphatic heterocycles. The van der Waals surface area contributed by atoms with E-state index < -0.39 is 0 Å². The molecule has 25 heavy (non-hydrogen) atoms. The summed E-state index contributed by atoms with van der Waals surface area (Å²) in [6.07, 6.45) is 0. The highest BCUT2D eigenvalue weighted by Crippen LogP contribution is 2.22. The second kappa shape index (κ2) is 9.80. The maximum atomic E-state index is 12.5. The number of urea groups is 1. The Bertz CT molecular complexity index is 641. The van der Waals surface area contributed by atoms with Gasteiger partial charge in [-0.05, 0) is 53.2 Å². The molecule has 0 fully saturated rings. The van der Waals surface area contributed by atoms with Gasteiger partial charge in [-0.3, -0.25) is 4.90 Å². The van der Waals surface area contributed by atoms with Gasteiger partial charge in [0.05, 0.1) is 6.04 Å². The van der Waals surface area contributed by atoms with Crippen LogP contribution in [0.15, 0.2) is 41.1 Å². The summed E-state index contributed by atoms with van der Waals surface area (Å²) in [5.41, 5.74) is 2.31. The molecule has 0 bridgehead atoms. The molecule has 1 aromatic heterocycles. The fraction of sp³-hybridized carbons (Fsp3) is 0.421. The van der Waals surface area contributed by atoms with Gasteiger partial charge in [0.1, 0.15) is 0 Å². The van der Waals surface area contributed by atoms with Crippen molar-refractivity contribution in [2.45, 2.75) is 26.4 Å². The summed E-state index contributed by atoms with van der Waals surface area (Å²) >= 11 is 7.59. The summed E-state index contributed by atoms with van der Waals surface area (Å²) in [7, 11) is 1.81. The number of carbonyl (C=O) groups is 1. The van der Waals surface area contributed by atoms with E-state index in [1.807, 2.05) is 24.3 Å². The minimum atomic E-state index is -0.0673. The number of rotatable bonds is 8. The number of hydrogen-bond donors (Lipinski definition) is 1. The van der Waals surface area contributed by atoms with Crippen molar-refractivity contribution in [3.63, 3.8) is 0 Å². The van der Waals surface area contributed by atoms with Gasteiger partial charge in [-0.2, -0.15) is 11.3 Å². The van der Waals surface area contributed by atoms with Gasteiger partial charge in [0.2, 0.25) is 0 Å². The first-order chi connectivity index (χ1) is 12.0. The van der Waals surface area contributed by atoms with E-state index in [-0.39, 0.29) is 12.1 Å². The Kier molecular flexibility index (Phi) is 7.75. The maximum absolute atomic E-state index is 12.5. The SMILES string of the molecule is CCN(CC)C(CNC(=O)N(C)Cc1ccc(Cl)cc1)c1ccsc1. The zero-order valence-electron chi connectivity index (χ0n) is 15.0. The van der Waals surface area contributed by atoms with Crippen molar-refractivity contribution in [1.82, 2.24) is 15.1 Å². The fourth-order valence-corrected chi connectivity index (χ4v) is 3.67. The van der Waals surface area contributed by atoms with Crippen LogP contribution in [0, 0.1) is 0 Å². The Labute approximate surface area is 159 Å². The van der Waals surface area contributed by atoms with Gasteiger partial charge in [0.15, 0.2) is 0 Å². The van der Waals surface area contributed by atoms with Crippen LogP contribution >= 0.6 is 22.9 Å². The molecule has 0 radical (unpaired) electrons. The molecular formula is C19H26ClN3OS. The molecule has 0 saturated carbocycles. The Hall–Kier alpha value is -1.56. The lowest BCUT2D eigenvalue weighted by atomic mass is 10.1. The minimum absolute atomic E-state index is 0.0673. The number of nitrogens with one attached hydrogen (secondary N) is 1. The molecule has 1 N–H and O–H groups in total. The van der Waals surface area contributed by atoms with Crippen LogP contribution in [0.5, 0.6) is 0 Å². The van der Waals surface area contributed by atoms with E-state index >= 15 is 0 Å². The molecule has 0 aliphatic carbocycles. The molecule has 0 aliphatic rings. The number of carbonyl (C=O) groups excluding carboxylic acids is 1. The van der Waals surface area contributed by atoms with Crippen molar-refractivity contribution in [2.75, 3.05) is 26.7 Å². The fourth-order valence-electron chi connectivity index (χ4n) is 2.84. The van der Waals surface area contributed by atoms with Crippen molar-refractivity contribution < 1.29 is 4.79 Å². The number of nitrogens with zero attached hydrogens (tertiary/aromatic N) is 2. The topological polar surface area (TPSA) is 35.6 Å². The van der Waals surface area contributed by atoms with E-state index in [1.165, 1.54) is 5.56 Å². The first-order valence-corrected chi connectivity index (χ1v) is 9.86. The van der Waals surface area contributed by atoms with Crippen molar-refractivity contribution in [3.05, 3.63) is 57.2 Å². The van der Waals surface area contributed by atoms with Crippen LogP contribution in [0.25, 0.3) is 0 Å². The van der Waals surface area contributed by atoms with Gasteiger partial charge in [0, 0.05) is 25.2 Å². The van der Waals surface area contributed by atoms with Crippen LogP contribution in [0.2, 0.25) is 5.02 Å². The molecule has 1 atom stereocenters. The molecule has 0 saturated heterocycles. The van der Waals surface area contributed by atoms with E-state index in [1.54, 1.807) is 23.3 Å². The standard InChI is InChI=1S/C19H26ClN3OS/c1-4-23(5-2)18(16-10-11-25-14-16)12-21-19(24)22(3)13-15-6-8-17(20)9-7-15/h6-11,14,18H,4-5,12-13H2,1-3H3,(H,21,24). The molecular weight excluding hydrogens is 354 g/mol. The van der Waals surface area contributed by atoms with Crippen LogP contribution in [0.4, 0.5) is 4.79 Å². The lowest BCUT2D eigenvalue weighted by Gasteiger charge is -2.30. The summed E-state index contributed by atoms with van der Waals surface area (Å²) in [6, 6.07) is 9.84. The zero-order chi connectivity index (χ0) is 18.2. The van der Waals surface area contributed by atoms with Crippen molar-refractivity contribution in [1.29, 1.82) is 0 Å². The predicted octanol–water partition coefficient (Wildman–Crippen LogP) is 4.63. The predicted molar refractivity (Wildman–Crippen MR) is 106 cm³/mol. The number of hydrogen-bond acceptors (Lipinski definition) is 3. The summed E-state index contributed by atoms with van der Waals surface area (Å²) < 4.78 is 0. The normalized spacial score (nSPS) is 12.2. The first kappa shape index (κ1) is 19.8. The monoisotopic (exact) mass is 379 g/mol. The number of halogens is 1. The number of benzene rings is 1. The highest BCUT2D eigenvalue weighted by molar-refractivity contribution is 7.07. The molecule has 2 rings (SSSR count). The first-order valence-electron chi connectivity index (χ1n) is 8.54. The van der Waals surface area contributed by atoms with E-state index in [9.17, 15) is 4.79 Å². The highest BCUT2D eigenvalue weighted by Gasteiger charge is 2.20. The smallest absolute Gasteiger partial charge is 0.317 e. The average Bonchev–Trinajstić information content (AvgIpc) is 3.14. The molecule has 1 aromatic carbocycles. The summed E-state index contributed by atoms with van der Waals surface area (Å²) in [5.74, 6) is 0. The van der Waals surface area contributed by atoms with Crippen molar-refractivity contribution >= 4 is 29.0 Å². The Morgan fingerprint density at radius 2 is 1.88 bits per heavy atom. The number of thiophene rings is 1. The largest absolute Gasteiger partial charge is 0.336 e. The van der Waals surface area contributed by atoms with E-state index in [0.29, 0.717) is 18.1 Å². The molecule has 2 amide bonds. The van der Waals surface area contributed by atoms with Crippen LogP contribution in [0.1, 0.15) is 31.0 Å². The van der Waals surface area contributed by atoms with Crippen LogP contribution in [-0.4, -0.2) is 42.5 Å². The van der Waals surface area contributed by atoms with E-state index in [2.05, 4.69) is 40.9 Å². The molecule has 1 heterocycles. The van der Waals surface area contributed by atoms with E-state index in [0.717, 1.165) is 18.7 Å². The number of amides is 2. The molecule has 2 aromatic rings. The average molecular weight is 380 g/mol. The highest BCUT2D eigenvalue weighted by atomic mass is 35.5. The third kappa shape index (κ3) is 5.73. The molecule has 136 valence electrons. The van der Waals surface area contributed by atoms with Crippen LogP contribution < -0.4 is 5.32 Å². The Morgan fingerprint density at radius 1 is 1.20 bits per heavy atom. The molecule has 1 unspecified atom stereocenters.